The molecular weight excluding hydrogens is 364 g/mol. The summed E-state index contributed by atoms with van der Waals surface area (Å²) in [4.78, 5) is 29.2. The number of aromatic nitrogens is 2. The Morgan fingerprint density at radius 2 is 2.15 bits per heavy atom. The zero-order valence-corrected chi connectivity index (χ0v) is 16.5. The largest absolute Gasteiger partial charge is 0.466 e. The van der Waals surface area contributed by atoms with Gasteiger partial charge in [-0.3, -0.25) is 0 Å². The molecule has 7 nitrogen and oxygen atoms in total. The predicted molar refractivity (Wildman–Crippen MR) is 103 cm³/mol. The Bertz CT molecular complexity index is 919. The van der Waals surface area contributed by atoms with Gasteiger partial charge in [0.2, 0.25) is 0 Å². The lowest BCUT2D eigenvalue weighted by Crippen LogP contribution is -2.46. The number of carbonyl (C=O) groups is 2. The molecule has 27 heavy (non-hydrogen) atoms. The topological polar surface area (TPSA) is 85.2 Å². The fourth-order valence-corrected chi connectivity index (χ4v) is 3.92. The molecule has 2 amide bonds. The van der Waals surface area contributed by atoms with Crippen LogP contribution >= 0.6 is 11.8 Å². The summed E-state index contributed by atoms with van der Waals surface area (Å²) >= 11 is 1.44. The van der Waals surface area contributed by atoms with E-state index in [1.807, 2.05) is 49.9 Å². The van der Waals surface area contributed by atoms with Crippen LogP contribution in [0, 0.1) is 13.8 Å². The van der Waals surface area contributed by atoms with E-state index in [2.05, 4.69) is 15.6 Å². The van der Waals surface area contributed by atoms with Crippen LogP contribution in [0.5, 0.6) is 0 Å². The van der Waals surface area contributed by atoms with Gasteiger partial charge >= 0.3 is 12.0 Å². The lowest BCUT2D eigenvalue weighted by molar-refractivity contribution is -0.136. The molecule has 0 saturated carbocycles. The molecule has 0 fully saturated rings. The van der Waals surface area contributed by atoms with Gasteiger partial charge in [-0.05, 0) is 25.0 Å². The molecule has 0 bridgehead atoms. The number of urea groups is 1. The average Bonchev–Trinajstić information content (AvgIpc) is 3.05. The smallest absolute Gasteiger partial charge is 0.338 e. The molecule has 3 rings (SSSR count). The lowest BCUT2D eigenvalue weighted by atomic mass is 9.91. The fraction of sp³-hybridized carbons (Fsp3) is 0.316. The number of rotatable bonds is 5. The third kappa shape index (κ3) is 4.00. The maximum absolute atomic E-state index is 12.6. The molecule has 1 atom stereocenters. The van der Waals surface area contributed by atoms with Crippen LogP contribution in [0.2, 0.25) is 0 Å². The minimum Gasteiger partial charge on any atom is -0.466 e. The van der Waals surface area contributed by atoms with Crippen LogP contribution < -0.4 is 10.6 Å². The molecule has 0 spiro atoms. The second kappa shape index (κ2) is 7.87. The monoisotopic (exact) mass is 386 g/mol. The van der Waals surface area contributed by atoms with E-state index in [-0.39, 0.29) is 6.03 Å². The zero-order valence-electron chi connectivity index (χ0n) is 15.7. The minimum atomic E-state index is -0.567. The molecule has 1 aromatic carbocycles. The van der Waals surface area contributed by atoms with Crippen molar-refractivity contribution in [2.24, 2.45) is 7.05 Å². The number of hydrogen-bond donors (Lipinski definition) is 2. The number of nitrogens with zero attached hydrogens (tertiary/aromatic N) is 2. The average molecular weight is 386 g/mol. The summed E-state index contributed by atoms with van der Waals surface area (Å²) in [5, 5.41) is 6.42. The number of ether oxygens (including phenoxy) is 1. The van der Waals surface area contributed by atoms with Crippen LogP contribution in [0.1, 0.15) is 22.7 Å². The maximum Gasteiger partial charge on any atom is 0.338 e. The first kappa shape index (κ1) is 19.0. The van der Waals surface area contributed by atoms with E-state index in [1.165, 1.54) is 18.9 Å². The fourth-order valence-electron chi connectivity index (χ4n) is 3.01. The van der Waals surface area contributed by atoms with Crippen LogP contribution in [0.3, 0.4) is 0 Å². The molecule has 2 N–H and O–H groups in total. The molecule has 142 valence electrons. The highest BCUT2D eigenvalue weighted by Crippen LogP contribution is 2.32. The van der Waals surface area contributed by atoms with E-state index in [4.69, 9.17) is 4.74 Å². The molecule has 1 aromatic heterocycles. The normalized spacial score (nSPS) is 16.7. The van der Waals surface area contributed by atoms with Gasteiger partial charge in [0.25, 0.3) is 0 Å². The summed E-state index contributed by atoms with van der Waals surface area (Å²) in [6.45, 7) is 3.94. The van der Waals surface area contributed by atoms with Crippen molar-refractivity contribution in [3.63, 3.8) is 0 Å². The van der Waals surface area contributed by atoms with E-state index in [9.17, 15) is 9.59 Å². The Morgan fingerprint density at radius 1 is 1.37 bits per heavy atom. The maximum atomic E-state index is 12.6. The van der Waals surface area contributed by atoms with E-state index >= 15 is 0 Å². The molecule has 8 heteroatoms. The second-order valence-electron chi connectivity index (χ2n) is 6.38. The number of nitrogens with one attached hydrogen (secondary N) is 2. The number of hydrogen-bond acceptors (Lipinski definition) is 5. The van der Waals surface area contributed by atoms with Crippen LogP contribution in [0.25, 0.3) is 0 Å². The van der Waals surface area contributed by atoms with E-state index in [0.29, 0.717) is 17.0 Å². The summed E-state index contributed by atoms with van der Waals surface area (Å²) in [6.07, 6.45) is 3.55. The van der Waals surface area contributed by atoms with Gasteiger partial charge in [-0.25, -0.2) is 14.6 Å². The summed E-state index contributed by atoms with van der Waals surface area (Å²) in [6, 6.07) is 5.06. The highest BCUT2D eigenvalue weighted by molar-refractivity contribution is 7.99. The Morgan fingerprint density at radius 3 is 2.81 bits per heavy atom. The van der Waals surface area contributed by atoms with Gasteiger partial charge in [-0.15, -0.1) is 0 Å². The molecule has 1 aliphatic rings. The van der Waals surface area contributed by atoms with Crippen LogP contribution in [-0.2, 0) is 16.6 Å². The van der Waals surface area contributed by atoms with Crippen molar-refractivity contribution in [1.82, 2.24) is 20.2 Å². The van der Waals surface area contributed by atoms with E-state index in [0.717, 1.165) is 21.8 Å². The van der Waals surface area contributed by atoms with Crippen molar-refractivity contribution < 1.29 is 14.3 Å². The van der Waals surface area contributed by atoms with Gasteiger partial charge in [0.15, 0.2) is 5.16 Å². The van der Waals surface area contributed by atoms with Crippen LogP contribution in [0.15, 0.2) is 47.0 Å². The molecule has 0 radical (unpaired) electrons. The molecule has 0 saturated heterocycles. The Hall–Kier alpha value is -2.74. The van der Waals surface area contributed by atoms with Crippen molar-refractivity contribution in [2.75, 3.05) is 12.9 Å². The number of imidazole rings is 1. The van der Waals surface area contributed by atoms with Gasteiger partial charge in [-0.1, -0.05) is 35.5 Å². The Kier molecular flexibility index (Phi) is 5.55. The van der Waals surface area contributed by atoms with E-state index < -0.39 is 12.0 Å². The summed E-state index contributed by atoms with van der Waals surface area (Å²) in [7, 11) is 3.24. The standard InChI is InChI=1S/C19H22N4O3S/c1-11-5-6-12(2)13(9-11)16-15(17(24)26-4)14(21-18(25)22-16)10-27-19-20-7-8-23(19)3/h5-9,16H,10H2,1-4H3,(H2,21,22,25)/t16-/m1/s1. The highest BCUT2D eigenvalue weighted by Gasteiger charge is 2.34. The van der Waals surface area contributed by atoms with Crippen LogP contribution in [-0.4, -0.2) is 34.4 Å². The number of carbonyl (C=O) groups excluding carboxylic acids is 2. The molecule has 2 aromatic rings. The second-order valence-corrected chi connectivity index (χ2v) is 7.33. The van der Waals surface area contributed by atoms with Crippen molar-refractivity contribution in [3.05, 3.63) is 58.6 Å². The molecule has 2 heterocycles. The summed E-state index contributed by atoms with van der Waals surface area (Å²) < 4.78 is 6.90. The Labute approximate surface area is 162 Å². The predicted octanol–water partition coefficient (Wildman–Crippen LogP) is 2.61. The molecular formula is C19H22N4O3S. The number of methoxy groups -OCH3 is 1. The number of esters is 1. The van der Waals surface area contributed by atoms with Crippen molar-refractivity contribution in [1.29, 1.82) is 0 Å². The van der Waals surface area contributed by atoms with Gasteiger partial charge in [-0.2, -0.15) is 0 Å². The number of thioether (sulfide) groups is 1. The molecule has 0 unspecified atom stereocenters. The third-order valence-corrected chi connectivity index (χ3v) is 5.51. The van der Waals surface area contributed by atoms with Gasteiger partial charge < -0.3 is 19.9 Å². The number of aryl methyl sites for hydroxylation is 3. The molecule has 0 aliphatic carbocycles. The van der Waals surface area contributed by atoms with Gasteiger partial charge in [0.05, 0.1) is 18.7 Å². The third-order valence-electron chi connectivity index (χ3n) is 4.43. The van der Waals surface area contributed by atoms with Crippen molar-refractivity contribution >= 4 is 23.8 Å². The number of amides is 2. The Balaban J connectivity index is 2.03. The summed E-state index contributed by atoms with van der Waals surface area (Å²) in [5.74, 6) is -0.0757. The number of benzene rings is 1. The SMILES string of the molecule is COC(=O)C1=C(CSc2nccn2C)NC(=O)N[C@@H]1c1cc(C)ccc1C. The summed E-state index contributed by atoms with van der Waals surface area (Å²) in [5.41, 5.74) is 3.86. The van der Waals surface area contributed by atoms with Gasteiger partial charge in [0, 0.05) is 30.9 Å². The quantitative estimate of drug-likeness (QED) is 0.609. The first-order chi connectivity index (χ1) is 12.9. The highest BCUT2D eigenvalue weighted by atomic mass is 32.2. The van der Waals surface area contributed by atoms with Crippen molar-refractivity contribution in [2.45, 2.75) is 25.0 Å². The van der Waals surface area contributed by atoms with Crippen molar-refractivity contribution in [3.8, 4) is 0 Å². The minimum absolute atomic E-state index is 0.344. The van der Waals surface area contributed by atoms with Crippen LogP contribution in [0.4, 0.5) is 4.79 Å². The first-order valence-electron chi connectivity index (χ1n) is 8.47. The zero-order chi connectivity index (χ0) is 19.6. The first-order valence-corrected chi connectivity index (χ1v) is 9.45. The molecule has 1 aliphatic heterocycles. The van der Waals surface area contributed by atoms with Gasteiger partial charge in [0.1, 0.15) is 0 Å². The lowest BCUT2D eigenvalue weighted by Gasteiger charge is -2.30. The van der Waals surface area contributed by atoms with E-state index in [1.54, 1.807) is 6.20 Å².